The number of alkyl halides is 3. The molecule has 2 aromatic rings. The second-order valence-electron chi connectivity index (χ2n) is 10.3. The van der Waals surface area contributed by atoms with E-state index in [4.69, 9.17) is 4.74 Å². The highest BCUT2D eigenvalue weighted by molar-refractivity contribution is 5.80. The molecule has 3 aliphatic heterocycles. The van der Waals surface area contributed by atoms with Crippen LogP contribution in [0, 0.1) is 5.92 Å². The lowest BCUT2D eigenvalue weighted by Gasteiger charge is -2.33. The van der Waals surface area contributed by atoms with Crippen molar-refractivity contribution < 1.29 is 27.5 Å². The largest absolute Gasteiger partial charge is 0.481 e. The maximum atomic E-state index is 13.6. The first-order valence-corrected chi connectivity index (χ1v) is 13.1. The molecule has 2 fully saturated rings. The van der Waals surface area contributed by atoms with Gasteiger partial charge in [-0.05, 0) is 25.3 Å². The van der Waals surface area contributed by atoms with E-state index >= 15 is 0 Å². The summed E-state index contributed by atoms with van der Waals surface area (Å²) < 4.78 is 45.5. The average molecular weight is 548 g/mol. The van der Waals surface area contributed by atoms with E-state index in [1.807, 2.05) is 9.80 Å². The minimum Gasteiger partial charge on any atom is -0.481 e. The van der Waals surface area contributed by atoms with Gasteiger partial charge >= 0.3 is 6.18 Å². The lowest BCUT2D eigenvalue weighted by atomic mass is 9.95. The van der Waals surface area contributed by atoms with Crippen LogP contribution >= 0.6 is 0 Å². The molecular formula is C26H32F3N7O3. The lowest BCUT2D eigenvalue weighted by Crippen LogP contribution is -2.43. The number of carbonyl (C=O) groups excluding carboxylic acids is 2. The Morgan fingerprint density at radius 2 is 1.79 bits per heavy atom. The normalized spacial score (nSPS) is 20.1. The quantitative estimate of drug-likeness (QED) is 0.610. The molecule has 13 heteroatoms. The van der Waals surface area contributed by atoms with Crippen molar-refractivity contribution in [2.24, 2.45) is 5.92 Å². The summed E-state index contributed by atoms with van der Waals surface area (Å²) in [6.45, 7) is 4.78. The summed E-state index contributed by atoms with van der Waals surface area (Å²) in [5.41, 5.74) is 1.11. The fourth-order valence-electron chi connectivity index (χ4n) is 5.64. The summed E-state index contributed by atoms with van der Waals surface area (Å²) in [5, 5.41) is 3.46. The molecule has 0 radical (unpaired) electrons. The predicted octanol–water partition coefficient (Wildman–Crippen LogP) is 2.73. The van der Waals surface area contributed by atoms with Gasteiger partial charge in [0.25, 0.3) is 0 Å². The smallest absolute Gasteiger partial charge is 0.421 e. The molecule has 2 aromatic heterocycles. The van der Waals surface area contributed by atoms with Gasteiger partial charge in [-0.15, -0.1) is 0 Å². The first-order valence-electron chi connectivity index (χ1n) is 13.1. The van der Waals surface area contributed by atoms with Crippen LogP contribution in [0.1, 0.15) is 43.0 Å². The number of likely N-dealkylation sites (tertiary alicyclic amines) is 2. The number of amides is 2. The number of halogens is 3. The van der Waals surface area contributed by atoms with Crippen molar-refractivity contribution in [3.8, 4) is 5.88 Å². The third kappa shape index (κ3) is 5.71. The third-order valence-electron chi connectivity index (χ3n) is 7.83. The van der Waals surface area contributed by atoms with E-state index in [2.05, 4.69) is 20.3 Å². The number of nitrogens with one attached hydrogen (secondary N) is 1. The zero-order chi connectivity index (χ0) is 27.7. The minimum absolute atomic E-state index is 0.000111. The Morgan fingerprint density at radius 1 is 1.05 bits per heavy atom. The van der Waals surface area contributed by atoms with E-state index < -0.39 is 17.6 Å². The molecule has 0 bridgehead atoms. The van der Waals surface area contributed by atoms with E-state index in [0.29, 0.717) is 70.0 Å². The van der Waals surface area contributed by atoms with Gasteiger partial charge in [-0.1, -0.05) is 0 Å². The highest BCUT2D eigenvalue weighted by atomic mass is 19.4. The molecule has 5 rings (SSSR count). The van der Waals surface area contributed by atoms with E-state index in [-0.39, 0.29) is 23.8 Å². The van der Waals surface area contributed by atoms with Crippen molar-refractivity contribution >= 4 is 23.3 Å². The maximum absolute atomic E-state index is 13.6. The topological polar surface area (TPSA) is 104 Å². The molecule has 2 saturated heterocycles. The van der Waals surface area contributed by atoms with Crippen molar-refractivity contribution in [1.82, 2.24) is 24.8 Å². The fourth-order valence-corrected chi connectivity index (χ4v) is 5.64. The van der Waals surface area contributed by atoms with Gasteiger partial charge in [-0.3, -0.25) is 9.59 Å². The molecule has 210 valence electrons. The highest BCUT2D eigenvalue weighted by Crippen LogP contribution is 2.38. The number of nitrogens with zero attached hydrogens (tertiary/aromatic N) is 6. The molecule has 0 spiro atoms. The predicted molar refractivity (Wildman–Crippen MR) is 136 cm³/mol. The first kappa shape index (κ1) is 26.9. The maximum Gasteiger partial charge on any atom is 0.421 e. The molecule has 3 aliphatic rings. The van der Waals surface area contributed by atoms with Crippen LogP contribution in [-0.2, 0) is 28.7 Å². The fraction of sp³-hybridized carbons (Fsp3) is 0.577. The van der Waals surface area contributed by atoms with E-state index in [1.165, 1.54) is 19.6 Å². The molecule has 0 saturated carbocycles. The van der Waals surface area contributed by atoms with E-state index in [0.717, 1.165) is 23.7 Å². The summed E-state index contributed by atoms with van der Waals surface area (Å²) >= 11 is 0. The van der Waals surface area contributed by atoms with Crippen LogP contribution < -0.4 is 15.0 Å². The van der Waals surface area contributed by atoms with Gasteiger partial charge in [0.15, 0.2) is 0 Å². The number of fused-ring (bicyclic) bond motifs is 1. The molecule has 10 nitrogen and oxygen atoms in total. The molecule has 2 amide bonds. The number of hydrogen-bond acceptors (Lipinski definition) is 8. The number of anilines is 2. The number of ether oxygens (including phenoxy) is 1. The van der Waals surface area contributed by atoms with Crippen molar-refractivity contribution in [1.29, 1.82) is 0 Å². The average Bonchev–Trinajstić information content (AvgIpc) is 3.40. The number of pyridine rings is 1. The highest BCUT2D eigenvalue weighted by Gasteiger charge is 2.37. The third-order valence-corrected chi connectivity index (χ3v) is 7.83. The number of aromatic nitrogens is 3. The van der Waals surface area contributed by atoms with Gasteiger partial charge in [0.1, 0.15) is 17.7 Å². The van der Waals surface area contributed by atoms with Crippen molar-refractivity contribution in [2.45, 2.75) is 51.4 Å². The number of methoxy groups -OCH3 is 1. The van der Waals surface area contributed by atoms with Gasteiger partial charge in [-0.25, -0.2) is 15.0 Å². The van der Waals surface area contributed by atoms with Crippen LogP contribution in [0.3, 0.4) is 0 Å². The summed E-state index contributed by atoms with van der Waals surface area (Å²) in [5.74, 6) is 0.280. The number of rotatable bonds is 5. The molecule has 1 N–H and O–H groups in total. The summed E-state index contributed by atoms with van der Waals surface area (Å²) in [4.78, 5) is 42.9. The second-order valence-corrected chi connectivity index (χ2v) is 10.3. The van der Waals surface area contributed by atoms with E-state index in [9.17, 15) is 22.8 Å². The molecule has 5 heterocycles. The Morgan fingerprint density at radius 3 is 2.49 bits per heavy atom. The summed E-state index contributed by atoms with van der Waals surface area (Å²) in [7, 11) is 1.17. The Balaban J connectivity index is 1.25. The van der Waals surface area contributed by atoms with Crippen LogP contribution in [0.5, 0.6) is 5.88 Å². The van der Waals surface area contributed by atoms with Gasteiger partial charge in [0.2, 0.25) is 17.7 Å². The van der Waals surface area contributed by atoms with Crippen LogP contribution in [-0.4, -0.2) is 82.4 Å². The van der Waals surface area contributed by atoms with Crippen LogP contribution in [0.2, 0.25) is 0 Å². The molecular weight excluding hydrogens is 515 g/mol. The monoisotopic (exact) mass is 547 g/mol. The Kier molecular flexibility index (Phi) is 7.50. The second kappa shape index (κ2) is 10.9. The molecule has 0 aliphatic carbocycles. The van der Waals surface area contributed by atoms with Gasteiger partial charge in [0, 0.05) is 70.1 Å². The molecule has 0 unspecified atom stereocenters. The SMILES string of the molecule is COc1ncc(N2CCc3ncnc(N[C@H]4CCN(C(=O)C5CCN(C(C)=O)CC5)C4)c3C2)cc1C(F)(F)F. The van der Waals surface area contributed by atoms with Gasteiger partial charge in [-0.2, -0.15) is 13.2 Å². The summed E-state index contributed by atoms with van der Waals surface area (Å²) in [6, 6.07) is 1.06. The number of carbonyl (C=O) groups is 2. The van der Waals surface area contributed by atoms with Gasteiger partial charge < -0.3 is 24.8 Å². The van der Waals surface area contributed by atoms with Crippen LogP contribution in [0.4, 0.5) is 24.7 Å². The zero-order valence-electron chi connectivity index (χ0n) is 22.0. The van der Waals surface area contributed by atoms with Crippen molar-refractivity contribution in [3.05, 3.63) is 35.4 Å². The minimum atomic E-state index is -4.59. The number of hydrogen-bond donors (Lipinski definition) is 1. The Hall–Kier alpha value is -3.64. The zero-order valence-corrected chi connectivity index (χ0v) is 22.0. The summed E-state index contributed by atoms with van der Waals surface area (Å²) in [6.07, 6.45) is 0.961. The van der Waals surface area contributed by atoms with Crippen molar-refractivity contribution in [3.63, 3.8) is 0 Å². The first-order chi connectivity index (χ1) is 18.6. The Labute approximate surface area is 224 Å². The lowest BCUT2D eigenvalue weighted by molar-refractivity contribution is -0.139. The molecule has 1 atom stereocenters. The molecule has 0 aromatic carbocycles. The van der Waals surface area contributed by atoms with E-state index in [1.54, 1.807) is 11.8 Å². The van der Waals surface area contributed by atoms with Gasteiger partial charge in [0.05, 0.1) is 24.7 Å². The van der Waals surface area contributed by atoms with Crippen LogP contribution in [0.25, 0.3) is 0 Å². The number of piperidine rings is 1. The standard InChI is InChI=1S/C26H32F3N7O3/c1-16(37)34-7-3-17(4-8-34)25(38)36-9-5-18(13-36)33-23-20-14-35(10-6-22(20)31-15-32-23)19-11-21(26(27,28)29)24(39-2)30-12-19/h11-12,15,17-18H,3-10,13-14H2,1-2H3,(H,31,32,33)/t18-/m0/s1. The van der Waals surface area contributed by atoms with Crippen molar-refractivity contribution in [2.75, 3.05) is 50.1 Å². The molecule has 39 heavy (non-hydrogen) atoms. The van der Waals surface area contributed by atoms with Crippen LogP contribution in [0.15, 0.2) is 18.6 Å². The Bertz CT molecular complexity index is 1230.